The maximum Gasteiger partial charge on any atom is 0.317 e. The largest absolute Gasteiger partial charge is 0.465 e. The van der Waals surface area contributed by atoms with E-state index in [9.17, 15) is 18.8 Å². The fraction of sp³-hybridized carbons (Fsp3) is 0.250. The first-order chi connectivity index (χ1) is 17.0. The lowest BCUT2D eigenvalue weighted by Gasteiger charge is -2.42. The van der Waals surface area contributed by atoms with Crippen LogP contribution in [-0.4, -0.2) is 24.3 Å². The summed E-state index contributed by atoms with van der Waals surface area (Å²) in [6.07, 6.45) is 0.247. The molecule has 0 N–H and O–H groups in total. The van der Waals surface area contributed by atoms with Crippen LogP contribution in [0.25, 0.3) is 0 Å². The Morgan fingerprint density at radius 3 is 2.46 bits per heavy atom. The summed E-state index contributed by atoms with van der Waals surface area (Å²) in [5.74, 6) is -3.79. The highest BCUT2D eigenvalue weighted by molar-refractivity contribution is 7.10. The van der Waals surface area contributed by atoms with Crippen molar-refractivity contribution >= 4 is 34.7 Å². The van der Waals surface area contributed by atoms with E-state index in [1.807, 2.05) is 47.8 Å². The molecule has 3 aromatic rings. The number of carbonyl (C=O) groups is 3. The number of halogens is 1. The minimum Gasteiger partial charge on any atom is -0.465 e. The second kappa shape index (κ2) is 9.58. The predicted octanol–water partition coefficient (Wildman–Crippen LogP) is 5.60. The zero-order valence-corrected chi connectivity index (χ0v) is 20.0. The smallest absolute Gasteiger partial charge is 0.317 e. The van der Waals surface area contributed by atoms with Crippen molar-refractivity contribution < 1.29 is 23.5 Å². The fourth-order valence-electron chi connectivity index (χ4n) is 5.18. The van der Waals surface area contributed by atoms with Crippen LogP contribution in [0.5, 0.6) is 0 Å². The summed E-state index contributed by atoms with van der Waals surface area (Å²) < 4.78 is 20.3. The lowest BCUT2D eigenvalue weighted by atomic mass is 9.69. The number of benzene rings is 2. The highest BCUT2D eigenvalue weighted by Gasteiger charge is 2.50. The molecule has 35 heavy (non-hydrogen) atoms. The standard InChI is InChI=1S/C28H24FNO4S/c1-2-34-28(33)26-19(23-13-8-14-35-23)15-22-25(27(26)32)18(17-9-4-3-5-10-17)16-24(31)30(22)21-12-7-6-11-20(21)29/h3-14,18-19,26H,2,15-16H2,1H3/t18-,19-,26+/m1/s1. The highest BCUT2D eigenvalue weighted by Crippen LogP contribution is 2.50. The third-order valence-corrected chi connectivity index (χ3v) is 7.67. The number of ether oxygens (including phenoxy) is 1. The number of para-hydroxylation sites is 1. The van der Waals surface area contributed by atoms with Crippen molar-refractivity contribution in [3.8, 4) is 0 Å². The molecule has 0 saturated heterocycles. The third kappa shape index (κ3) is 4.10. The topological polar surface area (TPSA) is 63.7 Å². The first-order valence-electron chi connectivity index (χ1n) is 11.6. The van der Waals surface area contributed by atoms with Gasteiger partial charge in [0.05, 0.1) is 12.3 Å². The molecule has 7 heteroatoms. The molecule has 0 saturated carbocycles. The van der Waals surface area contributed by atoms with Crippen molar-refractivity contribution in [2.24, 2.45) is 5.92 Å². The average Bonchev–Trinajstić information content (AvgIpc) is 3.40. The van der Waals surface area contributed by atoms with Crippen molar-refractivity contribution in [2.75, 3.05) is 11.5 Å². The summed E-state index contributed by atoms with van der Waals surface area (Å²) in [4.78, 5) is 43.0. The molecule has 0 radical (unpaired) electrons. The van der Waals surface area contributed by atoms with Crippen LogP contribution >= 0.6 is 11.3 Å². The summed E-state index contributed by atoms with van der Waals surface area (Å²) in [6, 6.07) is 19.1. The van der Waals surface area contributed by atoms with Gasteiger partial charge in [-0.1, -0.05) is 48.5 Å². The minimum absolute atomic E-state index is 0.00212. The number of thiophene rings is 1. The lowest BCUT2D eigenvalue weighted by molar-refractivity contribution is -0.152. The van der Waals surface area contributed by atoms with Crippen LogP contribution in [0.3, 0.4) is 0 Å². The van der Waals surface area contributed by atoms with Crippen molar-refractivity contribution in [3.63, 3.8) is 0 Å². The van der Waals surface area contributed by atoms with Gasteiger partial charge in [-0.05, 0) is 42.5 Å². The Bertz CT molecular complexity index is 1300. The van der Waals surface area contributed by atoms with E-state index in [0.29, 0.717) is 11.3 Å². The van der Waals surface area contributed by atoms with Crippen LogP contribution in [0.1, 0.15) is 42.0 Å². The minimum atomic E-state index is -1.02. The molecule has 0 unspecified atom stereocenters. The van der Waals surface area contributed by atoms with Crippen LogP contribution < -0.4 is 4.90 Å². The van der Waals surface area contributed by atoms with Gasteiger partial charge in [-0.25, -0.2) is 4.39 Å². The summed E-state index contributed by atoms with van der Waals surface area (Å²) in [7, 11) is 0. The fourth-order valence-corrected chi connectivity index (χ4v) is 6.05. The van der Waals surface area contributed by atoms with E-state index in [0.717, 1.165) is 10.4 Å². The number of rotatable bonds is 5. The molecule has 3 atom stereocenters. The zero-order valence-electron chi connectivity index (χ0n) is 19.1. The zero-order chi connectivity index (χ0) is 24.5. The van der Waals surface area contributed by atoms with E-state index >= 15 is 0 Å². The second-order valence-electron chi connectivity index (χ2n) is 8.63. The molecule has 2 heterocycles. The van der Waals surface area contributed by atoms with Gasteiger partial charge >= 0.3 is 5.97 Å². The number of ketones is 1. The SMILES string of the molecule is CCOC(=O)[C@@H]1C(=O)C2=C(C[C@@H]1c1cccs1)N(c1ccccc1F)C(=O)C[C@@H]2c1ccccc1. The number of hydrogen-bond acceptors (Lipinski definition) is 5. The number of allylic oxidation sites excluding steroid dienone is 2. The van der Waals surface area contributed by atoms with E-state index in [2.05, 4.69) is 0 Å². The molecule has 2 aliphatic rings. The van der Waals surface area contributed by atoms with Gasteiger partial charge in [0.2, 0.25) is 5.91 Å². The molecular weight excluding hydrogens is 465 g/mol. The van der Waals surface area contributed by atoms with Gasteiger partial charge in [0.25, 0.3) is 0 Å². The Kier molecular flexibility index (Phi) is 6.34. The number of hydrogen-bond donors (Lipinski definition) is 0. The summed E-state index contributed by atoms with van der Waals surface area (Å²) in [6.45, 7) is 1.87. The van der Waals surface area contributed by atoms with Crippen molar-refractivity contribution in [1.29, 1.82) is 0 Å². The van der Waals surface area contributed by atoms with E-state index in [-0.39, 0.29) is 36.8 Å². The first-order valence-corrected chi connectivity index (χ1v) is 12.5. The molecule has 2 aromatic carbocycles. The average molecular weight is 490 g/mol. The molecule has 5 nitrogen and oxygen atoms in total. The van der Waals surface area contributed by atoms with Crippen molar-refractivity contribution in [1.82, 2.24) is 0 Å². The molecule has 0 fully saturated rings. The van der Waals surface area contributed by atoms with Gasteiger partial charge in [0.15, 0.2) is 5.78 Å². The Balaban J connectivity index is 1.73. The Labute approximate surface area is 206 Å². The van der Waals surface area contributed by atoms with Gasteiger partial charge in [-0.15, -0.1) is 11.3 Å². The predicted molar refractivity (Wildman–Crippen MR) is 132 cm³/mol. The van der Waals surface area contributed by atoms with Crippen LogP contribution in [0, 0.1) is 11.7 Å². The van der Waals surface area contributed by atoms with Gasteiger partial charge in [0.1, 0.15) is 11.7 Å². The Hall–Kier alpha value is -3.58. The van der Waals surface area contributed by atoms with Crippen molar-refractivity contribution in [3.05, 3.63) is 99.6 Å². The molecule has 1 aliphatic heterocycles. The molecule has 1 amide bonds. The Morgan fingerprint density at radius 2 is 1.77 bits per heavy atom. The van der Waals surface area contributed by atoms with E-state index in [1.165, 1.54) is 22.3 Å². The molecule has 0 spiro atoms. The van der Waals surface area contributed by atoms with E-state index in [4.69, 9.17) is 4.74 Å². The molecule has 1 aliphatic carbocycles. The van der Waals surface area contributed by atoms with Gasteiger partial charge in [-0.2, -0.15) is 0 Å². The van der Waals surface area contributed by atoms with Crippen LogP contribution in [0.4, 0.5) is 10.1 Å². The number of amides is 1. The van der Waals surface area contributed by atoms with Crippen molar-refractivity contribution in [2.45, 2.75) is 31.6 Å². The molecule has 0 bridgehead atoms. The monoisotopic (exact) mass is 489 g/mol. The first kappa shape index (κ1) is 23.2. The third-order valence-electron chi connectivity index (χ3n) is 6.67. The maximum absolute atomic E-state index is 14.9. The summed E-state index contributed by atoms with van der Waals surface area (Å²) in [5, 5.41) is 1.89. The van der Waals surface area contributed by atoms with Crippen LogP contribution in [0.15, 0.2) is 83.4 Å². The Morgan fingerprint density at radius 1 is 1.03 bits per heavy atom. The maximum atomic E-state index is 14.9. The number of anilines is 1. The van der Waals surface area contributed by atoms with Gasteiger partial charge in [-0.3, -0.25) is 19.3 Å². The highest BCUT2D eigenvalue weighted by atomic mass is 32.1. The van der Waals surface area contributed by atoms with Gasteiger partial charge in [0, 0.05) is 34.4 Å². The van der Waals surface area contributed by atoms with Gasteiger partial charge < -0.3 is 4.74 Å². The van der Waals surface area contributed by atoms with E-state index < -0.39 is 29.5 Å². The molecule has 1 aromatic heterocycles. The number of carbonyl (C=O) groups excluding carboxylic acids is 3. The van der Waals surface area contributed by atoms with E-state index in [1.54, 1.807) is 25.1 Å². The molecule has 178 valence electrons. The summed E-state index contributed by atoms with van der Waals surface area (Å²) in [5.41, 5.74) is 1.78. The molecule has 5 rings (SSSR count). The second-order valence-corrected chi connectivity index (χ2v) is 9.61. The van der Waals surface area contributed by atoms with Crippen LogP contribution in [0.2, 0.25) is 0 Å². The summed E-state index contributed by atoms with van der Waals surface area (Å²) >= 11 is 1.45. The number of nitrogens with zero attached hydrogens (tertiary/aromatic N) is 1. The normalized spacial score (nSPS) is 22.2. The number of Topliss-reactive ketones (excluding diaryl/α,β-unsaturated/α-hetero) is 1. The quantitative estimate of drug-likeness (QED) is 0.346. The lowest BCUT2D eigenvalue weighted by Crippen LogP contribution is -2.46. The van der Waals surface area contributed by atoms with Crippen LogP contribution in [-0.2, 0) is 19.1 Å². The number of esters is 1. The molecular formula is C28H24FNO4S.